The van der Waals surface area contributed by atoms with Gasteiger partial charge in [0.05, 0.1) is 18.7 Å². The molecule has 0 radical (unpaired) electrons. The highest BCUT2D eigenvalue weighted by Gasteiger charge is 2.32. The number of pyridine rings is 1. The first kappa shape index (κ1) is 16.3. The molecule has 8 heteroatoms. The van der Waals surface area contributed by atoms with E-state index >= 15 is 0 Å². The van der Waals surface area contributed by atoms with Crippen LogP contribution < -0.4 is 15.2 Å². The van der Waals surface area contributed by atoms with Gasteiger partial charge in [0.25, 0.3) is 5.82 Å². The van der Waals surface area contributed by atoms with Gasteiger partial charge >= 0.3 is 6.18 Å². The lowest BCUT2D eigenvalue weighted by atomic mass is 10.2. The average Bonchev–Trinajstić information content (AvgIpc) is 3.32. The fourth-order valence-corrected chi connectivity index (χ4v) is 2.99. The van der Waals surface area contributed by atoms with Gasteiger partial charge in [0.2, 0.25) is 0 Å². The number of hydrogen-bond acceptors (Lipinski definition) is 2. The Labute approximate surface area is 138 Å². The first-order valence-corrected chi connectivity index (χ1v) is 8.23. The van der Waals surface area contributed by atoms with Crippen LogP contribution in [0.2, 0.25) is 0 Å². The van der Waals surface area contributed by atoms with Crippen molar-refractivity contribution in [3.8, 4) is 0 Å². The smallest absolute Gasteiger partial charge is 0.360 e. The normalized spacial score (nSPS) is 19.4. The Bertz CT molecular complexity index is 557. The zero-order valence-corrected chi connectivity index (χ0v) is 13.5. The number of alkyl halides is 3. The second kappa shape index (κ2) is 6.51. The van der Waals surface area contributed by atoms with E-state index < -0.39 is 11.7 Å². The van der Waals surface area contributed by atoms with Crippen molar-refractivity contribution in [1.29, 1.82) is 0 Å². The predicted octanol–water partition coefficient (Wildman–Crippen LogP) is 2.07. The van der Waals surface area contributed by atoms with Gasteiger partial charge in [-0.25, -0.2) is 4.98 Å². The number of aromatic nitrogens is 1. The number of nitrogens with zero attached hydrogens (tertiary/aromatic N) is 2. The van der Waals surface area contributed by atoms with Crippen LogP contribution in [0.3, 0.4) is 0 Å². The summed E-state index contributed by atoms with van der Waals surface area (Å²) >= 11 is 5.43. The van der Waals surface area contributed by atoms with Crippen molar-refractivity contribution >= 4 is 23.1 Å². The summed E-state index contributed by atoms with van der Waals surface area (Å²) in [6, 6.07) is 3.15. The Morgan fingerprint density at radius 3 is 2.57 bits per heavy atom. The van der Waals surface area contributed by atoms with Gasteiger partial charge in [-0.3, -0.25) is 4.90 Å². The van der Waals surface area contributed by atoms with Crippen molar-refractivity contribution in [2.24, 2.45) is 0 Å². The highest BCUT2D eigenvalue weighted by molar-refractivity contribution is 7.80. The minimum Gasteiger partial charge on any atom is -0.360 e. The zero-order chi connectivity index (χ0) is 16.4. The van der Waals surface area contributed by atoms with Crippen LogP contribution in [0.15, 0.2) is 18.3 Å². The maximum atomic E-state index is 12.6. The number of H-pyrrole nitrogens is 1. The Morgan fingerprint density at radius 2 is 1.96 bits per heavy atom. The highest BCUT2D eigenvalue weighted by Crippen LogP contribution is 2.28. The molecule has 0 aromatic carbocycles. The second-order valence-corrected chi connectivity index (χ2v) is 6.40. The molecule has 0 unspecified atom stereocenters. The summed E-state index contributed by atoms with van der Waals surface area (Å²) < 4.78 is 37.8. The molecule has 23 heavy (non-hydrogen) atoms. The summed E-state index contributed by atoms with van der Waals surface area (Å²) in [5, 5.41) is 4.13. The zero-order valence-electron chi connectivity index (χ0n) is 12.7. The van der Waals surface area contributed by atoms with Crippen molar-refractivity contribution in [2.75, 3.05) is 31.1 Å². The van der Waals surface area contributed by atoms with Crippen LogP contribution in [0.5, 0.6) is 0 Å². The molecule has 126 valence electrons. The first-order valence-electron chi connectivity index (χ1n) is 7.83. The molecule has 0 atom stereocenters. The highest BCUT2D eigenvalue weighted by atomic mass is 32.1. The minimum absolute atomic E-state index is 0.533. The van der Waals surface area contributed by atoms with E-state index in [4.69, 9.17) is 12.2 Å². The molecule has 1 saturated carbocycles. The van der Waals surface area contributed by atoms with E-state index in [2.05, 4.69) is 20.1 Å². The van der Waals surface area contributed by atoms with Crippen molar-refractivity contribution in [1.82, 2.24) is 10.2 Å². The van der Waals surface area contributed by atoms with Gasteiger partial charge in [-0.15, -0.1) is 0 Å². The summed E-state index contributed by atoms with van der Waals surface area (Å²) in [5.74, 6) is 0.709. The summed E-state index contributed by atoms with van der Waals surface area (Å²) in [4.78, 5) is 6.99. The predicted molar refractivity (Wildman–Crippen MR) is 85.2 cm³/mol. The monoisotopic (exact) mass is 345 g/mol. The van der Waals surface area contributed by atoms with Crippen LogP contribution in [-0.4, -0.2) is 42.2 Å². The van der Waals surface area contributed by atoms with Crippen molar-refractivity contribution < 1.29 is 18.2 Å². The molecule has 0 bridgehead atoms. The van der Waals surface area contributed by atoms with Gasteiger partial charge in [0.15, 0.2) is 5.11 Å². The second-order valence-electron chi connectivity index (χ2n) is 6.01. The fourth-order valence-electron chi connectivity index (χ4n) is 2.64. The summed E-state index contributed by atoms with van der Waals surface area (Å²) in [7, 11) is 0. The van der Waals surface area contributed by atoms with E-state index in [-0.39, 0.29) is 0 Å². The third-order valence-electron chi connectivity index (χ3n) is 4.15. The molecule has 3 rings (SSSR count). The third-order valence-corrected chi connectivity index (χ3v) is 4.53. The molecule has 1 aromatic rings. The Morgan fingerprint density at radius 1 is 1.17 bits per heavy atom. The van der Waals surface area contributed by atoms with E-state index in [1.165, 1.54) is 18.9 Å². The number of rotatable bonds is 2. The van der Waals surface area contributed by atoms with E-state index in [0.717, 1.165) is 50.0 Å². The van der Waals surface area contributed by atoms with Crippen molar-refractivity contribution in [3.63, 3.8) is 0 Å². The maximum absolute atomic E-state index is 12.6. The third kappa shape index (κ3) is 4.25. The molecule has 1 aliphatic heterocycles. The maximum Gasteiger partial charge on any atom is 0.419 e. The topological polar surface area (TPSA) is 32.6 Å². The largest absolute Gasteiger partial charge is 0.419 e. The van der Waals surface area contributed by atoms with Gasteiger partial charge < -0.3 is 10.2 Å². The van der Waals surface area contributed by atoms with Crippen LogP contribution in [0.25, 0.3) is 0 Å². The molecule has 2 N–H and O–H groups in total. The van der Waals surface area contributed by atoms with Crippen LogP contribution in [0.1, 0.15) is 24.8 Å². The SMILES string of the molecule is FC(F)(F)c1ccc(N2CCCN(C(=S)NC3CC3)CC2)[nH+]c1. The summed E-state index contributed by atoms with van der Waals surface area (Å²) in [6.45, 7) is 3.17. The van der Waals surface area contributed by atoms with Gasteiger partial charge in [0, 0.05) is 25.1 Å². The summed E-state index contributed by atoms with van der Waals surface area (Å²) in [6.07, 6.45) is -0.00878. The number of nitrogens with one attached hydrogen (secondary N) is 2. The standard InChI is InChI=1S/C15H19F3N4S/c16-15(17,18)11-2-5-13(19-10-11)21-6-1-7-22(9-8-21)14(23)20-12-3-4-12/h2,5,10,12H,1,3-4,6-9H2,(H,20,23)/p+1. The number of anilines is 1. The van der Waals surface area contributed by atoms with E-state index in [1.807, 2.05) is 0 Å². The molecule has 1 aromatic heterocycles. The molecule has 0 amide bonds. The number of thiocarbonyl (C=S) groups is 1. The quantitative estimate of drug-likeness (QED) is 0.832. The number of halogens is 3. The van der Waals surface area contributed by atoms with Crippen molar-refractivity contribution in [2.45, 2.75) is 31.5 Å². The van der Waals surface area contributed by atoms with Crippen LogP contribution >= 0.6 is 12.2 Å². The van der Waals surface area contributed by atoms with Gasteiger partial charge in [0.1, 0.15) is 12.7 Å². The fraction of sp³-hybridized carbons (Fsp3) is 0.600. The lowest BCUT2D eigenvalue weighted by Gasteiger charge is -2.23. The average molecular weight is 345 g/mol. The molecular weight excluding hydrogens is 325 g/mol. The van der Waals surface area contributed by atoms with Crippen LogP contribution in [-0.2, 0) is 6.18 Å². The molecule has 1 saturated heterocycles. The van der Waals surface area contributed by atoms with Crippen molar-refractivity contribution in [3.05, 3.63) is 23.9 Å². The van der Waals surface area contributed by atoms with E-state index in [9.17, 15) is 13.2 Å². The number of hydrogen-bond donors (Lipinski definition) is 1. The van der Waals surface area contributed by atoms with Crippen LogP contribution in [0, 0.1) is 0 Å². The molecule has 2 fully saturated rings. The minimum atomic E-state index is -4.31. The van der Waals surface area contributed by atoms with Gasteiger partial charge in [-0.05, 0) is 31.1 Å². The van der Waals surface area contributed by atoms with Crippen LogP contribution in [0.4, 0.5) is 19.0 Å². The lowest BCUT2D eigenvalue weighted by Crippen LogP contribution is -2.43. The molecule has 1 aliphatic carbocycles. The Hall–Kier alpha value is -1.57. The summed E-state index contributed by atoms with van der Waals surface area (Å²) in [5.41, 5.74) is -0.660. The molecule has 2 aliphatic rings. The molecule has 2 heterocycles. The lowest BCUT2D eigenvalue weighted by molar-refractivity contribution is -0.367. The Balaban J connectivity index is 1.59. The molecule has 0 spiro atoms. The van der Waals surface area contributed by atoms with Gasteiger partial charge in [-0.2, -0.15) is 13.2 Å². The van der Waals surface area contributed by atoms with E-state index in [0.29, 0.717) is 11.9 Å². The first-order chi connectivity index (χ1) is 10.9. The molecular formula is C15H20F3N4S+. The number of aromatic amines is 1. The van der Waals surface area contributed by atoms with E-state index in [1.54, 1.807) is 0 Å². The van der Waals surface area contributed by atoms with Gasteiger partial charge in [-0.1, -0.05) is 0 Å². The molecule has 4 nitrogen and oxygen atoms in total. The Kier molecular flexibility index (Phi) is 4.61.